The Labute approximate surface area is 175 Å². The van der Waals surface area contributed by atoms with Gasteiger partial charge in [-0.3, -0.25) is 9.59 Å². The third-order valence-corrected chi connectivity index (χ3v) is 6.07. The van der Waals surface area contributed by atoms with Crippen LogP contribution in [0.4, 0.5) is 0 Å². The summed E-state index contributed by atoms with van der Waals surface area (Å²) in [5, 5.41) is 23.0. The number of carbonyl (C=O) groups is 2. The largest absolute Gasteiger partial charge is 0.486 e. The highest BCUT2D eigenvalue weighted by Gasteiger charge is 2.50. The number of para-hydroxylation sites is 1. The first-order valence-electron chi connectivity index (χ1n) is 10.4. The summed E-state index contributed by atoms with van der Waals surface area (Å²) >= 11 is 0. The molecule has 1 saturated heterocycles. The third kappa shape index (κ3) is 3.82. The fourth-order valence-corrected chi connectivity index (χ4v) is 4.66. The average molecular weight is 416 g/mol. The zero-order valence-electron chi connectivity index (χ0n) is 17.0. The Kier molecular flexibility index (Phi) is 6.08. The van der Waals surface area contributed by atoms with Gasteiger partial charge in [-0.15, -0.1) is 0 Å². The summed E-state index contributed by atoms with van der Waals surface area (Å²) in [4.78, 5) is 27.0. The zero-order valence-corrected chi connectivity index (χ0v) is 17.0. The molecule has 0 radical (unpaired) electrons. The summed E-state index contributed by atoms with van der Waals surface area (Å²) < 4.78 is 11.7. The van der Waals surface area contributed by atoms with E-state index in [-0.39, 0.29) is 31.1 Å². The molecule has 1 aromatic carbocycles. The maximum absolute atomic E-state index is 12.9. The van der Waals surface area contributed by atoms with E-state index in [1.807, 2.05) is 24.3 Å². The molecular weight excluding hydrogens is 388 g/mol. The summed E-state index contributed by atoms with van der Waals surface area (Å²) in [5.74, 6) is -0.351. The topological polar surface area (TPSA) is 108 Å². The van der Waals surface area contributed by atoms with Crippen LogP contribution in [0.2, 0.25) is 0 Å². The van der Waals surface area contributed by atoms with E-state index >= 15 is 0 Å². The summed E-state index contributed by atoms with van der Waals surface area (Å²) in [6.07, 6.45) is 1.72. The highest BCUT2D eigenvalue weighted by atomic mass is 16.5. The first-order chi connectivity index (χ1) is 14.5. The summed E-state index contributed by atoms with van der Waals surface area (Å²) in [6, 6.07) is 6.69. The maximum atomic E-state index is 12.9. The van der Waals surface area contributed by atoms with E-state index in [9.17, 15) is 14.7 Å². The molecule has 3 aliphatic rings. The van der Waals surface area contributed by atoms with Crippen molar-refractivity contribution in [2.45, 2.75) is 50.0 Å². The number of aliphatic hydroxyl groups is 2. The van der Waals surface area contributed by atoms with Gasteiger partial charge in [0.05, 0.1) is 24.7 Å². The molecule has 1 aliphatic carbocycles. The van der Waals surface area contributed by atoms with Crippen LogP contribution in [0.5, 0.6) is 5.75 Å². The fraction of sp³-hybridized carbons (Fsp3) is 0.545. The number of nitrogens with zero attached hydrogens (tertiary/aromatic N) is 1. The highest BCUT2D eigenvalue weighted by molar-refractivity contribution is 5.96. The van der Waals surface area contributed by atoms with Crippen LogP contribution in [0.25, 0.3) is 0 Å². The Balaban J connectivity index is 1.70. The van der Waals surface area contributed by atoms with Crippen molar-refractivity contribution in [3.8, 4) is 5.75 Å². The van der Waals surface area contributed by atoms with Gasteiger partial charge < -0.3 is 29.9 Å². The molecule has 0 aromatic heterocycles. The average Bonchev–Trinajstić information content (AvgIpc) is 3.39. The van der Waals surface area contributed by atoms with Crippen LogP contribution in [0.3, 0.4) is 0 Å². The molecule has 8 nitrogen and oxygen atoms in total. The van der Waals surface area contributed by atoms with Gasteiger partial charge in [-0.05, 0) is 25.0 Å². The quantitative estimate of drug-likeness (QED) is 0.617. The van der Waals surface area contributed by atoms with E-state index in [1.54, 1.807) is 11.0 Å². The molecule has 0 saturated carbocycles. The number of hydrogen-bond donors (Lipinski definition) is 3. The van der Waals surface area contributed by atoms with Crippen molar-refractivity contribution in [1.82, 2.24) is 10.2 Å². The second-order valence-electron chi connectivity index (χ2n) is 7.99. The lowest BCUT2D eigenvalue weighted by molar-refractivity contribution is -0.136. The van der Waals surface area contributed by atoms with E-state index in [2.05, 4.69) is 5.32 Å². The van der Waals surface area contributed by atoms with E-state index in [1.165, 1.54) is 6.92 Å². The molecule has 0 spiro atoms. The van der Waals surface area contributed by atoms with E-state index < -0.39 is 24.2 Å². The predicted octanol–water partition coefficient (Wildman–Crippen LogP) is 0.337. The van der Waals surface area contributed by atoms with Crippen LogP contribution in [0, 0.1) is 0 Å². The molecule has 5 atom stereocenters. The first-order valence-corrected chi connectivity index (χ1v) is 10.4. The predicted molar refractivity (Wildman–Crippen MR) is 108 cm³/mol. The van der Waals surface area contributed by atoms with Crippen LogP contribution in [-0.2, 0) is 14.3 Å². The van der Waals surface area contributed by atoms with E-state index in [0.29, 0.717) is 24.5 Å². The number of aliphatic hydroxyl groups excluding tert-OH is 2. The summed E-state index contributed by atoms with van der Waals surface area (Å²) in [6.45, 7) is 2.42. The number of fused-ring (bicyclic) bond motifs is 3. The van der Waals surface area contributed by atoms with Crippen molar-refractivity contribution in [3.63, 3.8) is 0 Å². The van der Waals surface area contributed by atoms with Crippen LogP contribution in [0.15, 0.2) is 35.9 Å². The number of benzene rings is 1. The molecule has 2 amide bonds. The molecule has 1 fully saturated rings. The van der Waals surface area contributed by atoms with Gasteiger partial charge in [0, 0.05) is 37.8 Å². The van der Waals surface area contributed by atoms with Crippen LogP contribution >= 0.6 is 0 Å². The Morgan fingerprint density at radius 2 is 2.10 bits per heavy atom. The van der Waals surface area contributed by atoms with Gasteiger partial charge in [0.15, 0.2) is 0 Å². The SMILES string of the molecule is CC(=O)N(CC1CCCO1)C1C=C(C(=O)NCCO)C2c3ccccc3OC2C1O. The van der Waals surface area contributed by atoms with Crippen LogP contribution < -0.4 is 10.1 Å². The van der Waals surface area contributed by atoms with Crippen molar-refractivity contribution >= 4 is 11.8 Å². The monoisotopic (exact) mass is 416 g/mol. The minimum Gasteiger partial charge on any atom is -0.486 e. The lowest BCUT2D eigenvalue weighted by Crippen LogP contribution is -2.56. The van der Waals surface area contributed by atoms with Gasteiger partial charge in [0.25, 0.3) is 0 Å². The van der Waals surface area contributed by atoms with Crippen molar-refractivity contribution in [2.24, 2.45) is 0 Å². The molecular formula is C22H28N2O6. The molecule has 4 rings (SSSR count). The lowest BCUT2D eigenvalue weighted by atomic mass is 9.77. The molecule has 8 heteroatoms. The maximum Gasteiger partial charge on any atom is 0.247 e. The van der Waals surface area contributed by atoms with Gasteiger partial charge in [-0.25, -0.2) is 0 Å². The number of amides is 2. The van der Waals surface area contributed by atoms with Gasteiger partial charge in [0.2, 0.25) is 11.8 Å². The molecule has 2 heterocycles. The molecule has 3 N–H and O–H groups in total. The third-order valence-electron chi connectivity index (χ3n) is 6.07. The standard InChI is InChI=1S/C22H28N2O6/c1-13(26)24(12-14-5-4-10-29-14)17-11-16(22(28)23-8-9-25)19-15-6-2-3-7-18(15)30-21(19)20(17)27/h2-3,6-7,11,14,17,19-21,25,27H,4-5,8-10,12H2,1H3,(H,23,28). The lowest BCUT2D eigenvalue weighted by Gasteiger charge is -2.41. The highest BCUT2D eigenvalue weighted by Crippen LogP contribution is 2.47. The van der Waals surface area contributed by atoms with Gasteiger partial charge in [-0.2, -0.15) is 0 Å². The van der Waals surface area contributed by atoms with Crippen LogP contribution in [0.1, 0.15) is 31.2 Å². The second-order valence-corrected chi connectivity index (χ2v) is 7.99. The van der Waals surface area contributed by atoms with E-state index in [4.69, 9.17) is 14.6 Å². The summed E-state index contributed by atoms with van der Waals surface area (Å²) in [7, 11) is 0. The van der Waals surface area contributed by atoms with Gasteiger partial charge in [-0.1, -0.05) is 18.2 Å². The van der Waals surface area contributed by atoms with Crippen LogP contribution in [-0.4, -0.2) is 77.6 Å². The molecule has 2 aliphatic heterocycles. The molecule has 0 bridgehead atoms. The van der Waals surface area contributed by atoms with Gasteiger partial charge >= 0.3 is 0 Å². The molecule has 30 heavy (non-hydrogen) atoms. The fourth-order valence-electron chi connectivity index (χ4n) is 4.66. The normalized spacial score (nSPS) is 29.4. The number of hydrogen-bond acceptors (Lipinski definition) is 6. The number of carbonyl (C=O) groups excluding carboxylic acids is 2. The first kappa shape index (κ1) is 20.8. The molecule has 1 aromatic rings. The zero-order chi connectivity index (χ0) is 21.3. The number of rotatable bonds is 6. The minimum absolute atomic E-state index is 0.0828. The summed E-state index contributed by atoms with van der Waals surface area (Å²) in [5.41, 5.74) is 1.27. The minimum atomic E-state index is -0.998. The second kappa shape index (κ2) is 8.75. The van der Waals surface area contributed by atoms with Gasteiger partial charge in [0.1, 0.15) is 18.0 Å². The Morgan fingerprint density at radius 1 is 1.30 bits per heavy atom. The van der Waals surface area contributed by atoms with Crippen molar-refractivity contribution in [1.29, 1.82) is 0 Å². The Bertz CT molecular complexity index is 835. The van der Waals surface area contributed by atoms with Crippen molar-refractivity contribution < 1.29 is 29.3 Å². The smallest absolute Gasteiger partial charge is 0.247 e. The Hall–Kier alpha value is -2.42. The molecule has 5 unspecified atom stereocenters. The van der Waals surface area contributed by atoms with E-state index in [0.717, 1.165) is 18.4 Å². The number of nitrogens with one attached hydrogen (secondary N) is 1. The van der Waals surface area contributed by atoms with Crippen molar-refractivity contribution in [2.75, 3.05) is 26.3 Å². The molecule has 162 valence electrons. The number of ether oxygens (including phenoxy) is 2. The van der Waals surface area contributed by atoms with Crippen molar-refractivity contribution in [3.05, 3.63) is 41.5 Å². The Morgan fingerprint density at radius 3 is 2.80 bits per heavy atom.